The van der Waals surface area contributed by atoms with Gasteiger partial charge in [-0.15, -0.1) is 0 Å². The first kappa shape index (κ1) is 27.0. The fourth-order valence-electron chi connectivity index (χ4n) is 6.45. The molecule has 3 unspecified atom stereocenters. The molecule has 1 heterocycles. The average Bonchev–Trinajstić information content (AvgIpc) is 3.13. The quantitative estimate of drug-likeness (QED) is 0.206. The molecule has 0 bridgehead atoms. The van der Waals surface area contributed by atoms with E-state index in [2.05, 4.69) is 26.1 Å². The molecule has 3 aliphatic rings. The second-order valence-electron chi connectivity index (χ2n) is 10.7. The number of esters is 2. The lowest BCUT2D eigenvalue weighted by Crippen LogP contribution is -2.57. The van der Waals surface area contributed by atoms with E-state index in [1.54, 1.807) is 6.08 Å². The number of hydrogen-bond donors (Lipinski definition) is 3. The number of ether oxygens (including phenoxy) is 2. The van der Waals surface area contributed by atoms with Crippen LogP contribution in [0.3, 0.4) is 0 Å². The molecule has 2 aliphatic carbocycles. The molecule has 0 radical (unpaired) electrons. The molecule has 3 rings (SSSR count). The number of hydrogen-bond acceptors (Lipinski definition) is 8. The van der Waals surface area contributed by atoms with Gasteiger partial charge in [0, 0.05) is 17.6 Å². The Balaban J connectivity index is 1.80. The first-order valence-corrected chi connectivity index (χ1v) is 12.8. The Bertz CT molecular complexity index is 867. The molecule has 2 saturated carbocycles. The predicted molar refractivity (Wildman–Crippen MR) is 130 cm³/mol. The van der Waals surface area contributed by atoms with Crippen molar-refractivity contribution in [3.8, 4) is 0 Å². The van der Waals surface area contributed by atoms with Gasteiger partial charge in [0.1, 0.15) is 12.4 Å². The fraction of sp³-hybridized carbons (Fsp3) is 0.731. The molecule has 1 saturated heterocycles. The third-order valence-corrected chi connectivity index (χ3v) is 9.00. The molecule has 0 amide bonds. The van der Waals surface area contributed by atoms with Crippen LogP contribution in [0.15, 0.2) is 23.8 Å². The molecule has 190 valence electrons. The van der Waals surface area contributed by atoms with Gasteiger partial charge >= 0.3 is 11.9 Å². The summed E-state index contributed by atoms with van der Waals surface area (Å²) in [5.41, 5.74) is 0.649. The van der Waals surface area contributed by atoms with E-state index in [9.17, 15) is 24.6 Å². The van der Waals surface area contributed by atoms with Crippen LogP contribution < -0.4 is 0 Å². The molecule has 7 atom stereocenters. The lowest BCUT2D eigenvalue weighted by Gasteiger charge is -2.59. The van der Waals surface area contributed by atoms with Crippen molar-refractivity contribution in [1.29, 1.82) is 0 Å². The predicted octanol–water partition coefficient (Wildman–Crippen LogP) is 3.04. The van der Waals surface area contributed by atoms with E-state index in [1.165, 1.54) is 6.92 Å². The van der Waals surface area contributed by atoms with Gasteiger partial charge in [-0.25, -0.2) is 4.79 Å². The van der Waals surface area contributed by atoms with Crippen molar-refractivity contribution in [2.45, 2.75) is 71.5 Å². The van der Waals surface area contributed by atoms with Crippen LogP contribution in [0.5, 0.6) is 0 Å². The van der Waals surface area contributed by atoms with Gasteiger partial charge in [-0.1, -0.05) is 32.1 Å². The molecule has 0 spiro atoms. The lowest BCUT2D eigenvalue weighted by molar-refractivity contribution is -0.153. The minimum absolute atomic E-state index is 0.0417. The van der Waals surface area contributed by atoms with Crippen LogP contribution in [0.1, 0.15) is 59.3 Å². The summed E-state index contributed by atoms with van der Waals surface area (Å²) in [5.74, 6) is -1.50. The normalized spacial score (nSPS) is 37.8. The van der Waals surface area contributed by atoms with Gasteiger partial charge in [0.25, 0.3) is 0 Å². The molecule has 2 N–H and O–H groups in total. The topological polar surface area (TPSA) is 110 Å². The number of aliphatic hydroxyl groups is 2. The van der Waals surface area contributed by atoms with E-state index in [4.69, 9.17) is 9.47 Å². The Kier molecular flexibility index (Phi) is 8.36. The van der Waals surface area contributed by atoms with E-state index in [-0.39, 0.29) is 48.4 Å². The molecule has 0 aromatic carbocycles. The number of fused-ring (bicyclic) bond motifs is 1. The minimum atomic E-state index is -0.814. The number of allylic oxidation sites excluding steroid dienone is 2. The third-order valence-electron chi connectivity index (χ3n) is 8.56. The van der Waals surface area contributed by atoms with Gasteiger partial charge in [0.15, 0.2) is 6.10 Å². The van der Waals surface area contributed by atoms with E-state index >= 15 is 0 Å². The molecule has 7 nitrogen and oxygen atoms in total. The highest BCUT2D eigenvalue weighted by atomic mass is 32.1. The zero-order valence-electron chi connectivity index (χ0n) is 20.4. The summed E-state index contributed by atoms with van der Waals surface area (Å²) in [4.78, 5) is 36.5. The second-order valence-corrected chi connectivity index (χ2v) is 11.1. The summed E-state index contributed by atoms with van der Waals surface area (Å²) >= 11 is 4.16. The van der Waals surface area contributed by atoms with Crippen LogP contribution in [-0.4, -0.2) is 59.1 Å². The van der Waals surface area contributed by atoms with Crippen LogP contribution in [0, 0.1) is 28.6 Å². The van der Waals surface area contributed by atoms with Gasteiger partial charge in [-0.3, -0.25) is 4.79 Å². The summed E-state index contributed by atoms with van der Waals surface area (Å²) in [6, 6.07) is 0. The van der Waals surface area contributed by atoms with Crippen LogP contribution in [-0.2, 0) is 23.9 Å². The second kappa shape index (κ2) is 10.5. The third kappa shape index (κ3) is 5.00. The van der Waals surface area contributed by atoms with Crippen LogP contribution >= 0.6 is 12.6 Å². The monoisotopic (exact) mass is 494 g/mol. The number of aliphatic hydroxyl groups excluding tert-OH is 2. The summed E-state index contributed by atoms with van der Waals surface area (Å²) in [6.07, 6.45) is 4.08. The van der Waals surface area contributed by atoms with Crippen LogP contribution in [0.2, 0.25) is 0 Å². The van der Waals surface area contributed by atoms with Crippen molar-refractivity contribution in [3.63, 3.8) is 0 Å². The van der Waals surface area contributed by atoms with Crippen molar-refractivity contribution in [2.24, 2.45) is 28.6 Å². The number of Topliss-reactive ketones (excluding diaryl/α,β-unsaturated/α-hetero) is 1. The molecule has 8 heteroatoms. The maximum absolute atomic E-state index is 12.6. The molecule has 0 aromatic heterocycles. The van der Waals surface area contributed by atoms with E-state index in [0.29, 0.717) is 18.4 Å². The van der Waals surface area contributed by atoms with Crippen molar-refractivity contribution in [1.82, 2.24) is 0 Å². The smallest absolute Gasteiger partial charge is 0.337 e. The van der Waals surface area contributed by atoms with E-state index < -0.39 is 35.5 Å². The average molecular weight is 495 g/mol. The standard InChI is InChI=1S/C26H38O7S/c1-15-5-8-21-25(3,10-9-22(29)26(21,4)14-27)19(15)7-6-18-20(12-32-24(18)31)33-23(30)17(13-34)11-16(2)28/h6,17,19-22,27,29,34H,1,5,7-14H2,2-4H3/b18-6+/t17?,19-,20?,21?,22-,25+,26+/m1/s1. The van der Waals surface area contributed by atoms with Gasteiger partial charge in [0.2, 0.25) is 0 Å². The van der Waals surface area contributed by atoms with Crippen molar-refractivity contribution in [3.05, 3.63) is 23.8 Å². The Morgan fingerprint density at radius 3 is 2.68 bits per heavy atom. The summed E-state index contributed by atoms with van der Waals surface area (Å²) < 4.78 is 10.7. The molecular formula is C26H38O7S. The number of rotatable bonds is 8. The SMILES string of the molecule is C=C1CCC2[C@](C)(CO)[C@H](O)CC[C@@]2(C)[C@@H]1C/C=C1/C(=O)OCC1OC(=O)C(CS)CC(C)=O. The van der Waals surface area contributed by atoms with Gasteiger partial charge in [0.05, 0.1) is 24.2 Å². The van der Waals surface area contributed by atoms with Crippen LogP contribution in [0.25, 0.3) is 0 Å². The highest BCUT2D eigenvalue weighted by Gasteiger charge is 2.57. The number of carbonyl (C=O) groups excluding carboxylic acids is 3. The Morgan fingerprint density at radius 2 is 2.06 bits per heavy atom. The van der Waals surface area contributed by atoms with Gasteiger partial charge in [-0.2, -0.15) is 12.6 Å². The Hall–Kier alpha value is -1.64. The van der Waals surface area contributed by atoms with E-state index in [1.807, 2.05) is 6.92 Å². The van der Waals surface area contributed by atoms with Crippen molar-refractivity contribution >= 4 is 30.4 Å². The summed E-state index contributed by atoms with van der Waals surface area (Å²) in [5, 5.41) is 20.9. The first-order chi connectivity index (χ1) is 16.0. The maximum atomic E-state index is 12.6. The van der Waals surface area contributed by atoms with Crippen molar-refractivity contribution in [2.75, 3.05) is 19.0 Å². The zero-order valence-corrected chi connectivity index (χ0v) is 21.3. The molecule has 1 aliphatic heterocycles. The molecular weight excluding hydrogens is 456 g/mol. The summed E-state index contributed by atoms with van der Waals surface area (Å²) in [6.45, 7) is 9.78. The Labute approximate surface area is 207 Å². The van der Waals surface area contributed by atoms with Gasteiger partial charge < -0.3 is 24.5 Å². The maximum Gasteiger partial charge on any atom is 0.337 e. The number of ketones is 1. The Morgan fingerprint density at radius 1 is 1.35 bits per heavy atom. The van der Waals surface area contributed by atoms with Crippen molar-refractivity contribution < 1.29 is 34.1 Å². The number of carbonyl (C=O) groups is 3. The largest absolute Gasteiger partial charge is 0.458 e. The zero-order chi connectivity index (χ0) is 25.3. The lowest BCUT2D eigenvalue weighted by atomic mass is 9.46. The highest BCUT2D eigenvalue weighted by molar-refractivity contribution is 7.80. The first-order valence-electron chi connectivity index (χ1n) is 12.1. The minimum Gasteiger partial charge on any atom is -0.458 e. The van der Waals surface area contributed by atoms with Crippen LogP contribution in [0.4, 0.5) is 0 Å². The fourth-order valence-corrected chi connectivity index (χ4v) is 6.73. The van der Waals surface area contributed by atoms with Gasteiger partial charge in [-0.05, 0) is 56.3 Å². The molecule has 3 fully saturated rings. The highest BCUT2D eigenvalue weighted by Crippen LogP contribution is 2.61. The number of thiol groups is 1. The number of cyclic esters (lactones) is 1. The summed E-state index contributed by atoms with van der Waals surface area (Å²) in [7, 11) is 0. The molecule has 0 aromatic rings. The van der Waals surface area contributed by atoms with E-state index in [0.717, 1.165) is 24.8 Å². The molecule has 34 heavy (non-hydrogen) atoms.